The fourth-order valence-corrected chi connectivity index (χ4v) is 1.68. The van der Waals surface area contributed by atoms with Crippen LogP contribution in [0.4, 0.5) is 11.5 Å². The van der Waals surface area contributed by atoms with Crippen molar-refractivity contribution in [2.45, 2.75) is 13.3 Å². The van der Waals surface area contributed by atoms with Crippen LogP contribution in [0.1, 0.15) is 22.7 Å². The van der Waals surface area contributed by atoms with E-state index in [4.69, 9.17) is 9.26 Å². The summed E-state index contributed by atoms with van der Waals surface area (Å²) in [4.78, 5) is 15.9. The molecule has 112 valence electrons. The summed E-state index contributed by atoms with van der Waals surface area (Å²) in [7, 11) is 1.63. The molecule has 0 aliphatic carbocycles. The monoisotopic (exact) mass is 290 g/mol. The summed E-state index contributed by atoms with van der Waals surface area (Å²) in [5.74, 6) is 1.12. The molecule has 0 saturated heterocycles. The summed E-state index contributed by atoms with van der Waals surface area (Å²) >= 11 is 0. The minimum Gasteiger partial charge on any atom is -0.385 e. The standard InChI is InChI=1S/C14H18N4O3/c1-10-8-13(18-21-10)17-11-4-5-12(16-9-11)14(19)15-6-3-7-20-2/h4-5,8-9H,3,6-7H2,1-2H3,(H,15,19)(H,17,18). The summed E-state index contributed by atoms with van der Waals surface area (Å²) < 4.78 is 9.87. The molecule has 0 aliphatic rings. The lowest BCUT2D eigenvalue weighted by molar-refractivity contribution is 0.0943. The lowest BCUT2D eigenvalue weighted by Gasteiger charge is -2.05. The maximum Gasteiger partial charge on any atom is 0.269 e. The van der Waals surface area contributed by atoms with Gasteiger partial charge in [0.05, 0.1) is 11.9 Å². The van der Waals surface area contributed by atoms with Crippen molar-refractivity contribution in [2.75, 3.05) is 25.6 Å². The van der Waals surface area contributed by atoms with Gasteiger partial charge in [-0.1, -0.05) is 5.16 Å². The van der Waals surface area contributed by atoms with Crippen LogP contribution in [0.2, 0.25) is 0 Å². The highest BCUT2D eigenvalue weighted by molar-refractivity contribution is 5.92. The van der Waals surface area contributed by atoms with Crippen molar-refractivity contribution in [3.05, 3.63) is 35.9 Å². The zero-order valence-electron chi connectivity index (χ0n) is 12.0. The molecule has 2 heterocycles. The molecule has 0 atom stereocenters. The molecular weight excluding hydrogens is 272 g/mol. The molecule has 0 aromatic carbocycles. The molecule has 0 spiro atoms. The number of hydrogen-bond donors (Lipinski definition) is 2. The smallest absolute Gasteiger partial charge is 0.269 e. The van der Waals surface area contributed by atoms with Crippen molar-refractivity contribution in [3.8, 4) is 0 Å². The lowest BCUT2D eigenvalue weighted by Crippen LogP contribution is -2.26. The van der Waals surface area contributed by atoms with Crippen molar-refractivity contribution in [3.63, 3.8) is 0 Å². The summed E-state index contributed by atoms with van der Waals surface area (Å²) in [5, 5.41) is 9.63. The van der Waals surface area contributed by atoms with E-state index in [1.807, 2.05) is 6.92 Å². The van der Waals surface area contributed by atoms with Crippen LogP contribution in [-0.2, 0) is 4.74 Å². The van der Waals surface area contributed by atoms with E-state index in [9.17, 15) is 4.79 Å². The van der Waals surface area contributed by atoms with Crippen LogP contribution in [0.5, 0.6) is 0 Å². The number of pyridine rings is 1. The Hall–Kier alpha value is -2.41. The molecule has 0 aliphatic heterocycles. The zero-order valence-corrected chi connectivity index (χ0v) is 12.0. The predicted octanol–water partition coefficient (Wildman–Crippen LogP) is 1.89. The summed E-state index contributed by atoms with van der Waals surface area (Å²) in [6, 6.07) is 5.19. The first kappa shape index (κ1) is 15.0. The van der Waals surface area contributed by atoms with Gasteiger partial charge in [0.25, 0.3) is 5.91 Å². The first-order chi connectivity index (χ1) is 10.2. The Morgan fingerprint density at radius 2 is 2.29 bits per heavy atom. The van der Waals surface area contributed by atoms with Crippen LogP contribution >= 0.6 is 0 Å². The molecule has 0 saturated carbocycles. The second kappa shape index (κ2) is 7.39. The number of amides is 1. The first-order valence-corrected chi connectivity index (χ1v) is 6.62. The number of rotatable bonds is 7. The number of nitrogens with zero attached hydrogens (tertiary/aromatic N) is 2. The van der Waals surface area contributed by atoms with E-state index in [1.54, 1.807) is 31.5 Å². The van der Waals surface area contributed by atoms with E-state index in [1.165, 1.54) is 0 Å². The van der Waals surface area contributed by atoms with Gasteiger partial charge in [-0.3, -0.25) is 4.79 Å². The molecule has 2 aromatic heterocycles. The van der Waals surface area contributed by atoms with Gasteiger partial charge in [-0.05, 0) is 25.5 Å². The third-order valence-corrected chi connectivity index (χ3v) is 2.71. The summed E-state index contributed by atoms with van der Waals surface area (Å²) in [5.41, 5.74) is 1.11. The average Bonchev–Trinajstić information content (AvgIpc) is 2.89. The van der Waals surface area contributed by atoms with Crippen LogP contribution in [-0.4, -0.2) is 36.3 Å². The van der Waals surface area contributed by atoms with Crippen molar-refractivity contribution >= 4 is 17.4 Å². The third-order valence-electron chi connectivity index (χ3n) is 2.71. The van der Waals surface area contributed by atoms with E-state index >= 15 is 0 Å². The van der Waals surface area contributed by atoms with Crippen molar-refractivity contribution in [1.82, 2.24) is 15.5 Å². The van der Waals surface area contributed by atoms with E-state index in [0.29, 0.717) is 24.7 Å². The van der Waals surface area contributed by atoms with E-state index in [2.05, 4.69) is 20.8 Å². The van der Waals surface area contributed by atoms with Crippen LogP contribution < -0.4 is 10.6 Å². The normalized spacial score (nSPS) is 10.4. The number of carbonyl (C=O) groups excluding carboxylic acids is 1. The van der Waals surface area contributed by atoms with Gasteiger partial charge in [0.15, 0.2) is 5.82 Å². The Bertz CT molecular complexity index is 580. The van der Waals surface area contributed by atoms with Gasteiger partial charge in [0.2, 0.25) is 0 Å². The van der Waals surface area contributed by atoms with Gasteiger partial charge in [-0.2, -0.15) is 0 Å². The topological polar surface area (TPSA) is 89.3 Å². The molecule has 2 aromatic rings. The highest BCUT2D eigenvalue weighted by Crippen LogP contribution is 2.15. The van der Waals surface area contributed by atoms with Crippen molar-refractivity contribution < 1.29 is 14.1 Å². The lowest BCUT2D eigenvalue weighted by atomic mass is 10.3. The number of aryl methyl sites for hydroxylation is 1. The molecule has 2 rings (SSSR count). The minimum atomic E-state index is -0.199. The molecule has 0 radical (unpaired) electrons. The number of aromatic nitrogens is 2. The molecule has 2 N–H and O–H groups in total. The van der Waals surface area contributed by atoms with E-state index in [-0.39, 0.29) is 5.91 Å². The number of methoxy groups -OCH3 is 1. The number of anilines is 2. The largest absolute Gasteiger partial charge is 0.385 e. The number of carbonyl (C=O) groups is 1. The molecule has 7 heteroatoms. The number of hydrogen-bond acceptors (Lipinski definition) is 6. The predicted molar refractivity (Wildman–Crippen MR) is 77.6 cm³/mol. The summed E-state index contributed by atoms with van der Waals surface area (Å²) in [6.07, 6.45) is 2.35. The molecule has 0 bridgehead atoms. The fraction of sp³-hybridized carbons (Fsp3) is 0.357. The molecular formula is C14H18N4O3. The maximum atomic E-state index is 11.8. The van der Waals surface area contributed by atoms with Gasteiger partial charge >= 0.3 is 0 Å². The highest BCUT2D eigenvalue weighted by Gasteiger charge is 2.07. The van der Waals surface area contributed by atoms with E-state index in [0.717, 1.165) is 17.9 Å². The highest BCUT2D eigenvalue weighted by atomic mass is 16.5. The molecule has 7 nitrogen and oxygen atoms in total. The number of ether oxygens (including phenoxy) is 1. The van der Waals surface area contributed by atoms with Gasteiger partial charge in [-0.15, -0.1) is 0 Å². The van der Waals surface area contributed by atoms with Crippen molar-refractivity contribution in [1.29, 1.82) is 0 Å². The maximum absolute atomic E-state index is 11.8. The second-order valence-electron chi connectivity index (χ2n) is 4.48. The van der Waals surface area contributed by atoms with Crippen LogP contribution in [0.15, 0.2) is 28.9 Å². The fourth-order valence-electron chi connectivity index (χ4n) is 1.68. The molecule has 0 unspecified atom stereocenters. The third kappa shape index (κ3) is 4.57. The second-order valence-corrected chi connectivity index (χ2v) is 4.48. The summed E-state index contributed by atoms with van der Waals surface area (Å²) in [6.45, 7) is 2.99. The van der Waals surface area contributed by atoms with Gasteiger partial charge in [0.1, 0.15) is 11.5 Å². The average molecular weight is 290 g/mol. The molecule has 0 fully saturated rings. The Morgan fingerprint density at radius 1 is 1.43 bits per heavy atom. The van der Waals surface area contributed by atoms with Crippen LogP contribution in [0, 0.1) is 6.92 Å². The van der Waals surface area contributed by atoms with E-state index < -0.39 is 0 Å². The SMILES string of the molecule is COCCCNC(=O)c1ccc(Nc2cc(C)on2)cn1. The molecule has 1 amide bonds. The minimum absolute atomic E-state index is 0.199. The Balaban J connectivity index is 1.87. The Labute approximate surface area is 122 Å². The number of nitrogens with one attached hydrogen (secondary N) is 2. The van der Waals surface area contributed by atoms with Crippen LogP contribution in [0.25, 0.3) is 0 Å². The van der Waals surface area contributed by atoms with Gasteiger partial charge < -0.3 is 19.9 Å². The first-order valence-electron chi connectivity index (χ1n) is 6.62. The quantitative estimate of drug-likeness (QED) is 0.757. The van der Waals surface area contributed by atoms with Crippen LogP contribution in [0.3, 0.4) is 0 Å². The van der Waals surface area contributed by atoms with Crippen molar-refractivity contribution in [2.24, 2.45) is 0 Å². The Kier molecular flexibility index (Phi) is 5.28. The Morgan fingerprint density at radius 3 is 2.90 bits per heavy atom. The van der Waals surface area contributed by atoms with Gasteiger partial charge in [0, 0.05) is 26.3 Å². The molecule has 21 heavy (non-hydrogen) atoms. The van der Waals surface area contributed by atoms with Gasteiger partial charge in [-0.25, -0.2) is 4.98 Å². The zero-order chi connectivity index (χ0) is 15.1.